The molecule has 2 heterocycles. The number of imide groups is 1. The Bertz CT molecular complexity index is 1460. The van der Waals surface area contributed by atoms with Crippen molar-refractivity contribution in [1.29, 1.82) is 0 Å². The number of hydrogen-bond donors (Lipinski definition) is 2. The van der Waals surface area contributed by atoms with Crippen LogP contribution in [0.1, 0.15) is 183 Å². The van der Waals surface area contributed by atoms with Gasteiger partial charge in [-0.05, 0) is 88.8 Å². The zero-order valence-electron chi connectivity index (χ0n) is 33.6. The summed E-state index contributed by atoms with van der Waals surface area (Å²) < 4.78 is 0. The van der Waals surface area contributed by atoms with E-state index in [2.05, 4.69) is 84.0 Å². The molecule has 0 fully saturated rings. The Morgan fingerprint density at radius 1 is 0.638 bits per heavy atom. The average Bonchev–Trinajstić information content (AvgIpc) is 3.26. The minimum Gasteiger partial charge on any atom is -0.601 e. The van der Waals surface area contributed by atoms with Gasteiger partial charge in [-0.2, -0.15) is 6.72 Å². The van der Waals surface area contributed by atoms with Crippen LogP contribution in [-0.2, 0) is 21.1 Å². The number of fused-ring (bicyclic) bond motifs is 1. The number of pyridine rings is 1. The van der Waals surface area contributed by atoms with Crippen LogP contribution in [0.25, 0.3) is 0 Å². The second kappa shape index (κ2) is 34.8. The summed E-state index contributed by atoms with van der Waals surface area (Å²) in [5.41, 5.74) is 1.37. The van der Waals surface area contributed by atoms with Crippen LogP contribution in [-0.4, -0.2) is 56.5 Å². The van der Waals surface area contributed by atoms with Crippen molar-refractivity contribution < 1.29 is 45.3 Å². The molecule has 1 aliphatic heterocycles. The molecule has 0 unspecified atom stereocenters. The summed E-state index contributed by atoms with van der Waals surface area (Å²) in [5, 5.41) is 11.7. The quantitative estimate of drug-likeness (QED) is 0.153. The maximum atomic E-state index is 12.0. The second-order valence-electron chi connectivity index (χ2n) is 16.5. The van der Waals surface area contributed by atoms with Gasteiger partial charge in [0.25, 0.3) is 17.7 Å². The molecule has 2 N–H and O–H groups in total. The SMILES string of the molecule is C.C.C.C.C.C.CC(C)(C)C.CC(C)(C)C.CC(C)(C)N1C(=O)c2ccccc2C1=O.CC(C)(C)NC(=O)c1ccccc1C(=O)O.[CH-]=CN=[CH-].[W+2].c1ccncc1. The van der Waals surface area contributed by atoms with Crippen LogP contribution in [0.2, 0.25) is 0 Å². The number of hydrogen-bond acceptors (Lipinski definition) is 6. The number of carboxylic acids is 1. The zero-order chi connectivity index (χ0) is 40.2. The molecule has 1 aliphatic rings. The molecular weight excluding hydrogens is 896 g/mol. The minimum absolute atomic E-state index is 0. The number of carbonyl (C=O) groups excluding carboxylic acids is 3. The third-order valence-electron chi connectivity index (χ3n) is 5.01. The molecular formula is C48H84N4O5W. The first-order valence-electron chi connectivity index (χ1n) is 16.6. The molecule has 0 bridgehead atoms. The van der Waals surface area contributed by atoms with Crippen LogP contribution >= 0.6 is 0 Å². The fourth-order valence-electron chi connectivity index (χ4n) is 3.39. The summed E-state index contributed by atoms with van der Waals surface area (Å²) >= 11 is 0. The third-order valence-corrected chi connectivity index (χ3v) is 5.01. The minimum atomic E-state index is -1.10. The van der Waals surface area contributed by atoms with Crippen LogP contribution in [0, 0.1) is 17.4 Å². The summed E-state index contributed by atoms with van der Waals surface area (Å²) in [6.45, 7) is 37.7. The number of nitrogens with one attached hydrogen (secondary N) is 1. The van der Waals surface area contributed by atoms with E-state index >= 15 is 0 Å². The van der Waals surface area contributed by atoms with E-state index in [1.807, 2.05) is 59.7 Å². The molecule has 3 amide bonds. The van der Waals surface area contributed by atoms with Crippen molar-refractivity contribution >= 4 is 30.4 Å². The predicted molar refractivity (Wildman–Crippen MR) is 250 cm³/mol. The standard InChI is InChI=1S/C12H15NO3.C12H13NO2.C5H5N.2C5H12.C3H3N.6CH4.W/c1-12(2,3)13-10(14)8-6-4-5-7-9(8)11(15)16;1-12(2,3)13-10(14)8-6-4-5-7-9(8)11(13)15;1-2-4-6-5-3-1;2*1-5(2,3)4;1-3-4-2;;;;;;;/h4-7H,1-3H3,(H,13,14)(H,15,16);4-7H,1-3H3;1-5H;2*1-4H3;1-3H;6*1H4;/q;;;;;-2;;;;;;;+2. The van der Waals surface area contributed by atoms with E-state index in [9.17, 15) is 19.2 Å². The molecule has 0 atom stereocenters. The van der Waals surface area contributed by atoms with Gasteiger partial charge in [0.15, 0.2) is 0 Å². The van der Waals surface area contributed by atoms with Gasteiger partial charge in [0.05, 0.1) is 22.3 Å². The Balaban J connectivity index is -0.0000000752. The molecule has 0 radical (unpaired) electrons. The molecule has 0 aliphatic carbocycles. The number of aromatic carboxylic acids is 1. The molecule has 58 heavy (non-hydrogen) atoms. The normalized spacial score (nSPS) is 10.3. The monoisotopic (exact) mass is 981 g/mol. The zero-order valence-corrected chi connectivity index (χ0v) is 36.5. The second-order valence-corrected chi connectivity index (χ2v) is 16.5. The van der Waals surface area contributed by atoms with E-state index in [1.165, 1.54) is 17.0 Å². The maximum Gasteiger partial charge on any atom is 2.00 e. The van der Waals surface area contributed by atoms with Crippen LogP contribution in [0.4, 0.5) is 0 Å². The van der Waals surface area contributed by atoms with Gasteiger partial charge in [-0.3, -0.25) is 24.3 Å². The molecule has 1 aromatic heterocycles. The number of nitrogens with zero attached hydrogens (tertiary/aromatic N) is 3. The van der Waals surface area contributed by atoms with Gasteiger partial charge in [-0.1, -0.05) is 130 Å². The van der Waals surface area contributed by atoms with Crippen molar-refractivity contribution in [3.8, 4) is 0 Å². The van der Waals surface area contributed by atoms with E-state index < -0.39 is 11.5 Å². The Morgan fingerprint density at radius 2 is 0.948 bits per heavy atom. The van der Waals surface area contributed by atoms with Crippen molar-refractivity contribution in [2.24, 2.45) is 15.8 Å². The Kier molecular flexibility index (Phi) is 44.8. The molecule has 2 aromatic carbocycles. The molecule has 10 heteroatoms. The van der Waals surface area contributed by atoms with Gasteiger partial charge in [-0.25, -0.2) is 4.79 Å². The van der Waals surface area contributed by atoms with Gasteiger partial charge < -0.3 is 28.2 Å². The van der Waals surface area contributed by atoms with Crippen LogP contribution in [0.5, 0.6) is 0 Å². The molecule has 4 rings (SSSR count). The van der Waals surface area contributed by atoms with E-state index in [0.29, 0.717) is 22.0 Å². The van der Waals surface area contributed by atoms with Crippen molar-refractivity contribution in [1.82, 2.24) is 15.2 Å². The van der Waals surface area contributed by atoms with Crippen LogP contribution < -0.4 is 5.32 Å². The Labute approximate surface area is 371 Å². The summed E-state index contributed by atoms with van der Waals surface area (Å²) in [5.74, 6) is -1.85. The third kappa shape index (κ3) is 37.4. The maximum absolute atomic E-state index is 12.0. The van der Waals surface area contributed by atoms with Crippen molar-refractivity contribution in [2.75, 3.05) is 0 Å². The molecule has 332 valence electrons. The van der Waals surface area contributed by atoms with Gasteiger partial charge >= 0.3 is 27.0 Å². The largest absolute Gasteiger partial charge is 2.00 e. The number of aliphatic imine (C=N–C) groups is 1. The van der Waals surface area contributed by atoms with Gasteiger partial charge in [0.2, 0.25) is 0 Å². The van der Waals surface area contributed by atoms with Crippen molar-refractivity contribution in [3.05, 3.63) is 114 Å². The molecule has 0 saturated carbocycles. The van der Waals surface area contributed by atoms with Crippen molar-refractivity contribution in [2.45, 2.75) is 153 Å². The number of carboxylic acid groups (broad SMARTS) is 1. The van der Waals surface area contributed by atoms with E-state index in [4.69, 9.17) is 5.11 Å². The molecule has 9 nitrogen and oxygen atoms in total. The fourth-order valence-corrected chi connectivity index (χ4v) is 3.39. The predicted octanol–water partition coefficient (Wildman–Crippen LogP) is 13.5. The van der Waals surface area contributed by atoms with Crippen molar-refractivity contribution in [3.63, 3.8) is 0 Å². The Morgan fingerprint density at radius 3 is 1.17 bits per heavy atom. The van der Waals surface area contributed by atoms with Gasteiger partial charge in [0, 0.05) is 23.5 Å². The molecule has 0 saturated heterocycles. The number of aromatic nitrogens is 1. The van der Waals surface area contributed by atoms with E-state index in [0.717, 1.165) is 6.20 Å². The first-order chi connectivity index (χ1) is 23.2. The van der Waals surface area contributed by atoms with Gasteiger partial charge in [0.1, 0.15) is 0 Å². The number of amides is 3. The fraction of sp³-hybridized carbons (Fsp3) is 0.500. The Hall–Kier alpha value is -4.23. The number of carbonyl (C=O) groups is 4. The summed E-state index contributed by atoms with van der Waals surface area (Å²) in [6, 6.07) is 18.8. The topological polar surface area (TPSA) is 129 Å². The smallest absolute Gasteiger partial charge is 0.601 e. The summed E-state index contributed by atoms with van der Waals surface area (Å²) in [7, 11) is 0. The van der Waals surface area contributed by atoms with Crippen LogP contribution in [0.3, 0.4) is 0 Å². The summed E-state index contributed by atoms with van der Waals surface area (Å²) in [4.78, 5) is 54.6. The summed E-state index contributed by atoms with van der Waals surface area (Å²) in [6.07, 6.45) is 4.53. The molecule has 0 spiro atoms. The number of benzene rings is 2. The van der Waals surface area contributed by atoms with E-state index in [-0.39, 0.29) is 100 Å². The first kappa shape index (κ1) is 74.7. The number of rotatable bonds is 3. The average molecular weight is 981 g/mol. The van der Waals surface area contributed by atoms with Crippen LogP contribution in [0.15, 0.2) is 90.3 Å². The van der Waals surface area contributed by atoms with E-state index in [1.54, 1.807) is 48.8 Å². The first-order valence-corrected chi connectivity index (χ1v) is 16.6. The van der Waals surface area contributed by atoms with Gasteiger partial charge in [-0.15, -0.1) is 0 Å². The molecule has 3 aromatic rings.